The van der Waals surface area contributed by atoms with Crippen molar-refractivity contribution in [2.24, 2.45) is 0 Å². The molecule has 35 nitrogen and oxygen atoms in total. The summed E-state index contributed by atoms with van der Waals surface area (Å²) in [6, 6.07) is 78.1. The number of ether oxygens (including phenoxy) is 15. The van der Waals surface area contributed by atoms with Gasteiger partial charge in [-0.25, -0.2) is 4.79 Å². The SMILES string of the molecule is COP(=O)(C[C@H]1O[C@H](COC(C)=O)[C@@H](OCc2ccccc2)[C@H](OCc2ccccc2)[C@@H]1NC(C)=O)OC[C@H]1O[C@H](CP(=O)(OC)OC[C@H]2O[C@H](CP(=O)(OC)OC[C@H]3O[C@H](OCCNC(=O)OCc4ccccc4)[C@@H](NC(C)=O)[C@@H](OCc4ccccc4)[C@@H]3OCc3ccccc3)[C@@H](NC(C)=O)[C@@H](OCc3ccccc3)[C@@H]2OCc2ccccc2)[C@@H](NC(C)=O)[C@@H](OCc2ccccc2)[C@@H]1OCc1ccccc1. The number of carbonyl (C=O) groups is 6. The van der Waals surface area contributed by atoms with Crippen LogP contribution in [0.4, 0.5) is 4.79 Å². The van der Waals surface area contributed by atoms with Crippen molar-refractivity contribution in [3.63, 3.8) is 0 Å². The Morgan fingerprint density at radius 1 is 0.264 bits per heavy atom. The lowest BCUT2D eigenvalue weighted by molar-refractivity contribution is -0.286. The van der Waals surface area contributed by atoms with Crippen LogP contribution in [0, 0.1) is 0 Å². The summed E-state index contributed by atoms with van der Waals surface area (Å²) in [6.45, 7) is 3.44. The highest BCUT2D eigenvalue weighted by Gasteiger charge is 2.57. The zero-order chi connectivity index (χ0) is 102. The molecule has 5 N–H and O–H groups in total. The van der Waals surface area contributed by atoms with Crippen LogP contribution in [0.15, 0.2) is 273 Å². The minimum Gasteiger partial charge on any atom is -0.463 e. The number of amides is 5. The van der Waals surface area contributed by atoms with Gasteiger partial charge in [-0.1, -0.05) is 273 Å². The topological polar surface area (TPSA) is 408 Å². The first-order chi connectivity index (χ1) is 69.8. The third-order valence-electron chi connectivity index (χ3n) is 24.5. The molecule has 774 valence electrons. The maximum Gasteiger partial charge on any atom is 0.407 e. The van der Waals surface area contributed by atoms with Crippen LogP contribution in [0.1, 0.15) is 84.7 Å². The summed E-state index contributed by atoms with van der Waals surface area (Å²) >= 11 is 0. The Morgan fingerprint density at radius 3 is 0.729 bits per heavy atom. The third-order valence-corrected chi connectivity index (χ3v) is 30.2. The first-order valence-electron chi connectivity index (χ1n) is 47.8. The van der Waals surface area contributed by atoms with Crippen LogP contribution in [0.3, 0.4) is 0 Å². The molecule has 4 aliphatic rings. The van der Waals surface area contributed by atoms with Crippen molar-refractivity contribution in [1.82, 2.24) is 26.6 Å². The number of rotatable bonds is 54. The molecule has 38 heteroatoms. The van der Waals surface area contributed by atoms with E-state index in [1.165, 1.54) is 48.8 Å². The van der Waals surface area contributed by atoms with Gasteiger partial charge in [0.15, 0.2) is 6.29 Å². The highest BCUT2D eigenvalue weighted by Crippen LogP contribution is 2.55. The number of hydrogen-bond acceptors (Lipinski definition) is 30. The van der Waals surface area contributed by atoms with Gasteiger partial charge in [0, 0.05) is 62.5 Å². The van der Waals surface area contributed by atoms with E-state index in [1.54, 1.807) is 0 Å². The van der Waals surface area contributed by atoms with Crippen molar-refractivity contribution in [1.29, 1.82) is 0 Å². The molecule has 144 heavy (non-hydrogen) atoms. The molecule has 0 saturated carbocycles. The van der Waals surface area contributed by atoms with Gasteiger partial charge in [0.1, 0.15) is 92.5 Å². The van der Waals surface area contributed by atoms with Gasteiger partial charge in [-0.15, -0.1) is 0 Å². The summed E-state index contributed by atoms with van der Waals surface area (Å²) < 4.78 is 188. The fourth-order valence-corrected chi connectivity index (χ4v) is 22.0. The van der Waals surface area contributed by atoms with Gasteiger partial charge in [-0.3, -0.25) is 37.7 Å². The molecule has 0 aliphatic carbocycles. The molecule has 0 aromatic heterocycles. The van der Waals surface area contributed by atoms with Crippen molar-refractivity contribution in [2.45, 2.75) is 216 Å². The molecular formula is C106H130N5O30P3. The molecular weight excluding hydrogens is 1920 g/mol. The summed E-state index contributed by atoms with van der Waals surface area (Å²) in [6.07, 6.45) is -23.1. The molecule has 9 aromatic carbocycles. The highest BCUT2D eigenvalue weighted by atomic mass is 31.2. The van der Waals surface area contributed by atoms with Crippen molar-refractivity contribution in [3.05, 3.63) is 323 Å². The number of benzene rings is 9. The number of carbonyl (C=O) groups excluding carboxylic acids is 6. The molecule has 9 aromatic rings. The van der Waals surface area contributed by atoms with E-state index in [9.17, 15) is 28.8 Å². The Morgan fingerprint density at radius 2 is 0.486 bits per heavy atom. The summed E-state index contributed by atoms with van der Waals surface area (Å²) in [5, 5.41) is 14.7. The van der Waals surface area contributed by atoms with Gasteiger partial charge in [0.05, 0.1) is 134 Å². The van der Waals surface area contributed by atoms with E-state index in [2.05, 4.69) is 26.6 Å². The normalized spacial score (nSPS) is 25.5. The third kappa shape index (κ3) is 34.1. The second-order valence-corrected chi connectivity index (χ2v) is 41.8. The molecule has 4 saturated heterocycles. The van der Waals surface area contributed by atoms with Crippen molar-refractivity contribution < 1.29 is 141 Å². The van der Waals surface area contributed by atoms with Crippen molar-refractivity contribution >= 4 is 58.5 Å². The zero-order valence-electron chi connectivity index (χ0n) is 81.8. The van der Waals surface area contributed by atoms with Crippen molar-refractivity contribution in [2.75, 3.05) is 79.4 Å². The van der Waals surface area contributed by atoms with Crippen LogP contribution >= 0.6 is 22.8 Å². The maximum absolute atomic E-state index is 16.6. The van der Waals surface area contributed by atoms with Crippen LogP contribution in [0.5, 0.6) is 0 Å². The van der Waals surface area contributed by atoms with Crippen molar-refractivity contribution in [3.8, 4) is 0 Å². The van der Waals surface area contributed by atoms with Gasteiger partial charge in [-0.05, 0) is 50.1 Å². The molecule has 0 bridgehead atoms. The van der Waals surface area contributed by atoms with Crippen LogP contribution in [-0.4, -0.2) is 237 Å². The largest absolute Gasteiger partial charge is 0.463 e. The quantitative estimate of drug-likeness (QED) is 0.0134. The molecule has 4 heterocycles. The minimum absolute atomic E-state index is 0.00177. The molecule has 0 spiro atoms. The van der Waals surface area contributed by atoms with Crippen LogP contribution in [0.2, 0.25) is 0 Å². The lowest BCUT2D eigenvalue weighted by atomic mass is 9.92. The smallest absolute Gasteiger partial charge is 0.407 e. The first-order valence-corrected chi connectivity index (χ1v) is 53.0. The standard InChI is InChI=1S/C106H130N5O30P3/c1-72(112)108-93-90(138-86(65-125-76(5)116)97(126-56-77-36-18-9-19-37-77)101(93)130-60-81-44-26-13-27-45-81)69-142(118,121-6)135-66-87-98(127-57-78-38-20-10-21-39-78)102(131-61-82-46-28-14-29-47-82)94(109-73(2)113)91(139-87)70-143(119,122-7)136-67-88-99(128-58-79-40-22-11-23-41-79)103(132-62-83-48-30-15-31-49-83)95(110-74(3)114)92(140-88)71-144(120,123-8)137-68-89-100(129-59-80-42-24-12-25-43-80)104(133-63-84-50-32-16-33-51-84)96(111-75(4)115)105(141-89)124-55-54-107-106(117)134-64-85-52-34-17-35-53-85/h9-53,86-105H,54-71H2,1-8H3,(H,107,117)(H,108,112)(H,109,113)(H,110,114)(H,111,115)/t86-,87-,88-,89-,90-,91-,92-,93-,94-,95-,96+,97-,98-,99-,100-,101-,102-,103-,104-,105+,142?,143?,144?/m1/s1. The number of hydrogen-bond donors (Lipinski definition) is 5. The average Bonchev–Trinajstić information content (AvgIpc) is 0.770. The molecule has 13 rings (SSSR count). The van der Waals surface area contributed by atoms with Crippen LogP contribution in [0.25, 0.3) is 0 Å². The number of nitrogens with one attached hydrogen (secondary N) is 5. The summed E-state index contributed by atoms with van der Waals surface area (Å²) in [7, 11) is -10.5. The molecule has 3 unspecified atom stereocenters. The van der Waals surface area contributed by atoms with Gasteiger partial charge < -0.3 is 125 Å². The van der Waals surface area contributed by atoms with Crippen LogP contribution in [-0.2, 0) is 195 Å². The first kappa shape index (κ1) is 111. The minimum atomic E-state index is -4.77. The zero-order valence-corrected chi connectivity index (χ0v) is 84.5. The van der Waals surface area contributed by atoms with Crippen LogP contribution < -0.4 is 26.6 Å². The Labute approximate surface area is 839 Å². The summed E-state index contributed by atoms with van der Waals surface area (Å²) in [4.78, 5) is 81.3. The second kappa shape index (κ2) is 56.5. The van der Waals surface area contributed by atoms with Gasteiger partial charge in [0.2, 0.25) is 23.6 Å². The Balaban J connectivity index is 0.834. The van der Waals surface area contributed by atoms with E-state index in [0.29, 0.717) is 22.3 Å². The Bertz CT molecular complexity index is 5550. The average molecular weight is 2050 g/mol. The van der Waals surface area contributed by atoms with E-state index < -0.39 is 219 Å². The Kier molecular flexibility index (Phi) is 43.4. The van der Waals surface area contributed by atoms with E-state index in [1.807, 2.05) is 273 Å². The predicted molar refractivity (Wildman–Crippen MR) is 529 cm³/mol. The Hall–Kier alpha value is -10.5. The van der Waals surface area contributed by atoms with E-state index in [4.69, 9.17) is 98.2 Å². The molecule has 5 amide bonds. The predicted octanol–water partition coefficient (Wildman–Crippen LogP) is 13.8. The lowest BCUT2D eigenvalue weighted by Crippen LogP contribution is -2.66. The monoisotopic (exact) mass is 2050 g/mol. The molecule has 4 aliphatic heterocycles. The molecule has 23 atom stereocenters. The number of alkyl carbamates (subject to hydrolysis) is 1. The van der Waals surface area contributed by atoms with E-state index in [-0.39, 0.29) is 79.2 Å². The highest BCUT2D eigenvalue weighted by molar-refractivity contribution is 7.54. The van der Waals surface area contributed by atoms with Gasteiger partial charge >= 0.3 is 34.8 Å². The number of esters is 1. The van der Waals surface area contributed by atoms with E-state index in [0.717, 1.165) is 34.9 Å². The van der Waals surface area contributed by atoms with E-state index >= 15 is 13.7 Å². The molecule has 4 fully saturated rings. The fraction of sp³-hybridized carbons (Fsp3) is 0.434. The lowest BCUT2D eigenvalue weighted by Gasteiger charge is -2.48. The summed E-state index contributed by atoms with van der Waals surface area (Å²) in [5.74, 6) is -2.79. The molecule has 0 radical (unpaired) electrons. The summed E-state index contributed by atoms with van der Waals surface area (Å²) in [5.41, 5.74) is 6.61. The second-order valence-electron chi connectivity index (χ2n) is 35.2. The maximum atomic E-state index is 16.6. The van der Waals surface area contributed by atoms with Gasteiger partial charge in [0.25, 0.3) is 0 Å². The van der Waals surface area contributed by atoms with Gasteiger partial charge in [-0.2, -0.15) is 0 Å². The fourth-order valence-electron chi connectivity index (χ4n) is 17.5.